The molecule has 2 fully saturated rings. The minimum Gasteiger partial charge on any atom is -0.330 e. The molecular formula is C44H35ClN6O12. The van der Waals surface area contributed by atoms with E-state index in [9.17, 15) is 59.6 Å². The molecule has 19 heteroatoms. The van der Waals surface area contributed by atoms with Crippen LogP contribution in [0.1, 0.15) is 22.3 Å². The summed E-state index contributed by atoms with van der Waals surface area (Å²) in [6.45, 7) is 7.49. The number of nitrogens with one attached hydrogen (secondary N) is 1. The summed E-state index contributed by atoms with van der Waals surface area (Å²) in [5.41, 5.74) is 4.16. The van der Waals surface area contributed by atoms with Gasteiger partial charge in [-0.05, 0) is 119 Å². The highest BCUT2D eigenvalue weighted by Gasteiger charge is 2.28. The first kappa shape index (κ1) is 47.3. The fourth-order valence-electron chi connectivity index (χ4n) is 5.83. The molecule has 0 aliphatic carbocycles. The Morgan fingerprint density at radius 2 is 0.762 bits per heavy atom. The summed E-state index contributed by atoms with van der Waals surface area (Å²) in [6, 6.07) is 23.3. The number of ketones is 2. The van der Waals surface area contributed by atoms with Crippen molar-refractivity contribution in [2.45, 2.75) is 0 Å². The van der Waals surface area contributed by atoms with E-state index in [1.54, 1.807) is 48.6 Å². The van der Waals surface area contributed by atoms with Crippen LogP contribution in [0.15, 0.2) is 145 Å². The van der Waals surface area contributed by atoms with Gasteiger partial charge in [0.15, 0.2) is 11.6 Å². The van der Waals surface area contributed by atoms with E-state index < -0.39 is 24.9 Å². The molecule has 320 valence electrons. The van der Waals surface area contributed by atoms with Crippen LogP contribution in [-0.4, -0.2) is 73.5 Å². The Labute approximate surface area is 363 Å². The molecule has 6 rings (SSSR count). The van der Waals surface area contributed by atoms with Gasteiger partial charge in [0.2, 0.25) is 11.1 Å². The number of non-ortho nitro benzene ring substituents is 4. The summed E-state index contributed by atoms with van der Waals surface area (Å²) in [6.07, 6.45) is 8.75. The third kappa shape index (κ3) is 13.9. The number of allylic oxidation sites excluding steroid dienone is 1. The lowest BCUT2D eigenvalue weighted by molar-refractivity contribution is -0.385. The second-order valence-electron chi connectivity index (χ2n) is 13.2. The molecule has 63 heavy (non-hydrogen) atoms. The molecule has 2 saturated heterocycles. The number of benzene rings is 4. The van der Waals surface area contributed by atoms with E-state index in [0.29, 0.717) is 57.6 Å². The van der Waals surface area contributed by atoms with Crippen LogP contribution >= 0.6 is 11.6 Å². The predicted molar refractivity (Wildman–Crippen MR) is 235 cm³/mol. The van der Waals surface area contributed by atoms with Gasteiger partial charge in [-0.2, -0.15) is 0 Å². The van der Waals surface area contributed by atoms with Gasteiger partial charge in [-0.1, -0.05) is 13.2 Å². The van der Waals surface area contributed by atoms with E-state index in [1.807, 2.05) is 0 Å². The van der Waals surface area contributed by atoms with Gasteiger partial charge in [-0.3, -0.25) is 59.6 Å². The molecular weight excluding hydrogens is 840 g/mol. The van der Waals surface area contributed by atoms with Crippen LogP contribution in [0.25, 0.3) is 24.3 Å². The molecule has 0 bridgehead atoms. The number of hydrogen-bond donors (Lipinski definition) is 1. The van der Waals surface area contributed by atoms with Crippen molar-refractivity contribution in [1.29, 1.82) is 0 Å². The summed E-state index contributed by atoms with van der Waals surface area (Å²) in [5, 5.41) is 45.7. The van der Waals surface area contributed by atoms with Gasteiger partial charge in [-0.25, -0.2) is 0 Å². The highest BCUT2D eigenvalue weighted by atomic mass is 35.5. The van der Waals surface area contributed by atoms with Crippen LogP contribution in [0.3, 0.4) is 0 Å². The zero-order chi connectivity index (χ0) is 46.2. The van der Waals surface area contributed by atoms with Gasteiger partial charge in [0, 0.05) is 83.9 Å². The first-order chi connectivity index (χ1) is 30.0. The van der Waals surface area contributed by atoms with Crippen molar-refractivity contribution >= 4 is 81.4 Å². The summed E-state index contributed by atoms with van der Waals surface area (Å²) in [5.74, 6) is -0.744. The molecule has 1 amide bonds. The van der Waals surface area contributed by atoms with E-state index in [2.05, 4.69) is 18.5 Å². The van der Waals surface area contributed by atoms with Gasteiger partial charge in [-0.15, -0.1) is 0 Å². The molecule has 1 N–H and O–H groups in total. The molecule has 0 atom stereocenters. The van der Waals surface area contributed by atoms with Crippen molar-refractivity contribution in [3.05, 3.63) is 207 Å². The van der Waals surface area contributed by atoms with Gasteiger partial charge >= 0.3 is 0 Å². The first-order valence-corrected chi connectivity index (χ1v) is 18.7. The molecule has 0 spiro atoms. The van der Waals surface area contributed by atoms with Crippen LogP contribution in [0, 0.1) is 40.5 Å². The smallest absolute Gasteiger partial charge is 0.269 e. The van der Waals surface area contributed by atoms with Crippen LogP contribution in [-0.2, 0) is 19.2 Å². The third-order valence-corrected chi connectivity index (χ3v) is 9.10. The number of carbonyl (C=O) groups is 4. The number of likely N-dealkylation sites (tertiary alicyclic amines) is 1. The fourth-order valence-corrected chi connectivity index (χ4v) is 5.83. The van der Waals surface area contributed by atoms with Crippen molar-refractivity contribution in [3.8, 4) is 0 Å². The number of Topliss-reactive ketones (excluding diaryl/α,β-unsaturated/α-hetero) is 2. The Morgan fingerprint density at radius 3 is 1.00 bits per heavy atom. The van der Waals surface area contributed by atoms with Crippen LogP contribution < -0.4 is 5.32 Å². The quantitative estimate of drug-likeness (QED) is 0.0696. The Morgan fingerprint density at radius 1 is 0.508 bits per heavy atom. The number of rotatable bonds is 10. The third-order valence-electron chi connectivity index (χ3n) is 8.95. The first-order valence-electron chi connectivity index (χ1n) is 18.3. The molecule has 4 aromatic rings. The SMILES string of the molecule is C=CC(=O)Cl.C=CC(=O)N1C/C(=C\c2ccc([N+](=O)[O-])cc2)C(=O)/C(=C/c2ccc([N+](=O)[O-])cc2)C1.O=C1/C(=C/c2ccc([N+](=O)[O-])cc2)CNC/C1=C\c1ccc([N+](=O)[O-])cc1. The number of amides is 1. The minimum atomic E-state index is -0.516. The summed E-state index contributed by atoms with van der Waals surface area (Å²) in [7, 11) is 0. The fraction of sp³-hybridized carbons (Fsp3) is 0.0909. The molecule has 0 aromatic heterocycles. The van der Waals surface area contributed by atoms with Gasteiger partial charge in [0.25, 0.3) is 22.7 Å². The van der Waals surface area contributed by atoms with Crippen LogP contribution in [0.4, 0.5) is 22.7 Å². The average molecular weight is 875 g/mol. The Balaban J connectivity index is 0.000000252. The van der Waals surface area contributed by atoms with E-state index in [-0.39, 0.29) is 53.3 Å². The molecule has 0 radical (unpaired) electrons. The van der Waals surface area contributed by atoms with E-state index in [0.717, 1.165) is 12.2 Å². The highest BCUT2D eigenvalue weighted by molar-refractivity contribution is 6.66. The van der Waals surface area contributed by atoms with Crippen molar-refractivity contribution < 1.29 is 38.9 Å². The average Bonchev–Trinajstić information content (AvgIpc) is 3.27. The Bertz CT molecular complexity index is 2440. The number of halogens is 1. The number of nitro benzene ring substituents is 4. The van der Waals surface area contributed by atoms with Gasteiger partial charge in [0.05, 0.1) is 32.8 Å². The minimum absolute atomic E-state index is 0.0102. The normalized spacial score (nSPS) is 16.0. The Hall–Kier alpha value is -8.35. The number of nitrogens with zero attached hydrogens (tertiary/aromatic N) is 5. The largest absolute Gasteiger partial charge is 0.330 e. The van der Waals surface area contributed by atoms with Crippen molar-refractivity contribution in [1.82, 2.24) is 10.2 Å². The van der Waals surface area contributed by atoms with E-state index in [4.69, 9.17) is 11.6 Å². The van der Waals surface area contributed by atoms with E-state index >= 15 is 0 Å². The summed E-state index contributed by atoms with van der Waals surface area (Å²) < 4.78 is 0. The standard InChI is InChI=1S/C22H17N3O6.C19H15N3O5.C3H3ClO/c1-2-21(26)23-13-17(11-15-3-7-19(8-4-15)24(28)29)22(27)18(14-23)12-16-5-9-20(10-6-16)25(30)31;23-19-15(9-13-1-5-17(6-2-13)21(24)25)11-20-12-16(19)10-14-3-7-18(8-4-14)22(26)27;1-2-3(4)5/h2-12H,1,13-14H2;1-10,20H,11-12H2;2H,1H2/b17-11+,18-12+;15-9+,16-10+;. The summed E-state index contributed by atoms with van der Waals surface area (Å²) in [4.78, 5) is 89.9. The molecule has 2 aliphatic heterocycles. The topological polar surface area (TPSA) is 256 Å². The highest BCUT2D eigenvalue weighted by Crippen LogP contribution is 2.25. The molecule has 2 aliphatic rings. The van der Waals surface area contributed by atoms with Crippen LogP contribution in [0.5, 0.6) is 0 Å². The van der Waals surface area contributed by atoms with Crippen molar-refractivity contribution in [2.24, 2.45) is 0 Å². The second-order valence-corrected chi connectivity index (χ2v) is 13.6. The van der Waals surface area contributed by atoms with Gasteiger partial charge in [0.1, 0.15) is 0 Å². The number of hydrogen-bond acceptors (Lipinski definition) is 13. The zero-order valence-electron chi connectivity index (χ0n) is 33.0. The maximum absolute atomic E-state index is 13.0. The monoisotopic (exact) mass is 874 g/mol. The lowest BCUT2D eigenvalue weighted by atomic mass is 9.94. The molecule has 0 saturated carbocycles. The number of piperidine rings is 2. The maximum Gasteiger partial charge on any atom is 0.269 e. The number of nitro groups is 4. The molecule has 18 nitrogen and oxygen atoms in total. The second kappa shape index (κ2) is 22.3. The van der Waals surface area contributed by atoms with Crippen LogP contribution in [0.2, 0.25) is 0 Å². The lowest BCUT2D eigenvalue weighted by Gasteiger charge is -2.29. The molecule has 4 aromatic carbocycles. The van der Waals surface area contributed by atoms with E-state index in [1.165, 1.54) is 77.7 Å². The molecule has 0 unspecified atom stereocenters. The van der Waals surface area contributed by atoms with Crippen molar-refractivity contribution in [3.63, 3.8) is 0 Å². The zero-order valence-corrected chi connectivity index (χ0v) is 33.7. The Kier molecular flexibility index (Phi) is 16.8. The maximum atomic E-state index is 13.0. The summed E-state index contributed by atoms with van der Waals surface area (Å²) >= 11 is 4.71. The molecule has 2 heterocycles. The predicted octanol–water partition coefficient (Wildman–Crippen LogP) is 7.65. The van der Waals surface area contributed by atoms with Gasteiger partial charge < -0.3 is 10.2 Å². The van der Waals surface area contributed by atoms with Crippen molar-refractivity contribution in [2.75, 3.05) is 26.2 Å². The lowest BCUT2D eigenvalue weighted by Crippen LogP contribution is -2.40. The number of carbonyl (C=O) groups excluding carboxylic acids is 4.